The molecule has 2 aromatic carbocycles. The van der Waals surface area contributed by atoms with Gasteiger partial charge < -0.3 is 4.40 Å². The maximum Gasteiger partial charge on any atom is 0.237 e. The SMILES string of the molecule is Cc1ccc(-c2cn3cccc(C)c3n2)cc1NS(=O)(=O)Cc1cc(F)ccc1F. The summed E-state index contributed by atoms with van der Waals surface area (Å²) in [5, 5.41) is 0. The third-order valence-electron chi connectivity index (χ3n) is 4.83. The normalized spacial score (nSPS) is 11.7. The van der Waals surface area contributed by atoms with Crippen molar-refractivity contribution in [3.63, 3.8) is 0 Å². The number of hydrogen-bond donors (Lipinski definition) is 1. The molecule has 0 saturated heterocycles. The van der Waals surface area contributed by atoms with Gasteiger partial charge in [0.05, 0.1) is 17.1 Å². The van der Waals surface area contributed by atoms with Crippen molar-refractivity contribution in [3.05, 3.63) is 89.2 Å². The van der Waals surface area contributed by atoms with Crippen LogP contribution in [0, 0.1) is 25.5 Å². The van der Waals surface area contributed by atoms with Gasteiger partial charge in [-0.25, -0.2) is 22.2 Å². The monoisotopic (exact) mass is 427 g/mol. The lowest BCUT2D eigenvalue weighted by Crippen LogP contribution is -2.16. The van der Waals surface area contributed by atoms with Crippen LogP contribution in [-0.2, 0) is 15.8 Å². The van der Waals surface area contributed by atoms with Gasteiger partial charge in [-0.1, -0.05) is 18.2 Å². The molecule has 0 spiro atoms. The summed E-state index contributed by atoms with van der Waals surface area (Å²) in [5.74, 6) is -2.14. The summed E-state index contributed by atoms with van der Waals surface area (Å²) < 4.78 is 56.8. The minimum atomic E-state index is -3.96. The molecule has 0 aliphatic carbocycles. The van der Waals surface area contributed by atoms with Gasteiger partial charge >= 0.3 is 0 Å². The van der Waals surface area contributed by atoms with Crippen molar-refractivity contribution in [1.29, 1.82) is 0 Å². The molecular weight excluding hydrogens is 408 g/mol. The molecule has 154 valence electrons. The van der Waals surface area contributed by atoms with Crippen molar-refractivity contribution in [2.45, 2.75) is 19.6 Å². The topological polar surface area (TPSA) is 63.5 Å². The van der Waals surface area contributed by atoms with Gasteiger partial charge in [-0.15, -0.1) is 0 Å². The van der Waals surface area contributed by atoms with E-state index in [-0.39, 0.29) is 5.56 Å². The second-order valence-corrected chi connectivity index (χ2v) is 8.90. The van der Waals surface area contributed by atoms with Gasteiger partial charge in [-0.2, -0.15) is 0 Å². The van der Waals surface area contributed by atoms with Crippen LogP contribution in [0.15, 0.2) is 60.9 Å². The number of benzene rings is 2. The number of nitrogens with one attached hydrogen (secondary N) is 1. The highest BCUT2D eigenvalue weighted by atomic mass is 32.2. The molecule has 30 heavy (non-hydrogen) atoms. The van der Waals surface area contributed by atoms with E-state index in [1.165, 1.54) is 0 Å². The molecule has 0 saturated carbocycles. The van der Waals surface area contributed by atoms with Crippen molar-refractivity contribution in [1.82, 2.24) is 9.38 Å². The lowest BCUT2D eigenvalue weighted by molar-refractivity contribution is 0.581. The highest BCUT2D eigenvalue weighted by molar-refractivity contribution is 7.91. The molecule has 4 rings (SSSR count). The molecule has 5 nitrogen and oxygen atoms in total. The summed E-state index contributed by atoms with van der Waals surface area (Å²) in [6.07, 6.45) is 3.76. The Balaban J connectivity index is 1.66. The number of rotatable bonds is 5. The zero-order chi connectivity index (χ0) is 21.5. The van der Waals surface area contributed by atoms with Crippen molar-refractivity contribution in [3.8, 4) is 11.3 Å². The highest BCUT2D eigenvalue weighted by Crippen LogP contribution is 2.27. The Hall–Kier alpha value is -3.26. The molecule has 0 fully saturated rings. The molecule has 4 aromatic rings. The number of sulfonamides is 1. The molecule has 2 aromatic heterocycles. The van der Waals surface area contributed by atoms with Crippen LogP contribution in [0.3, 0.4) is 0 Å². The quantitative estimate of drug-likeness (QED) is 0.496. The first-order valence-electron chi connectivity index (χ1n) is 9.21. The van der Waals surface area contributed by atoms with E-state index >= 15 is 0 Å². The molecule has 0 aliphatic heterocycles. The number of halogens is 2. The third kappa shape index (κ3) is 4.04. The maximum absolute atomic E-state index is 13.9. The smallest absolute Gasteiger partial charge is 0.237 e. The van der Waals surface area contributed by atoms with Crippen LogP contribution in [0.5, 0.6) is 0 Å². The molecule has 0 bridgehead atoms. The van der Waals surface area contributed by atoms with Gasteiger partial charge in [0, 0.05) is 23.5 Å². The predicted molar refractivity (Wildman–Crippen MR) is 113 cm³/mol. The molecule has 0 unspecified atom stereocenters. The van der Waals surface area contributed by atoms with Gasteiger partial charge in [0.2, 0.25) is 10.0 Å². The number of hydrogen-bond acceptors (Lipinski definition) is 3. The van der Waals surface area contributed by atoms with E-state index in [0.717, 1.165) is 35.0 Å². The van der Waals surface area contributed by atoms with Gasteiger partial charge in [-0.3, -0.25) is 4.72 Å². The van der Waals surface area contributed by atoms with E-state index in [2.05, 4.69) is 9.71 Å². The minimum absolute atomic E-state index is 0.230. The summed E-state index contributed by atoms with van der Waals surface area (Å²) in [6.45, 7) is 3.73. The van der Waals surface area contributed by atoms with E-state index in [0.29, 0.717) is 16.9 Å². The van der Waals surface area contributed by atoms with E-state index in [1.54, 1.807) is 19.1 Å². The van der Waals surface area contributed by atoms with Crippen molar-refractivity contribution < 1.29 is 17.2 Å². The van der Waals surface area contributed by atoms with E-state index in [1.807, 2.05) is 41.9 Å². The Morgan fingerprint density at radius 1 is 1.03 bits per heavy atom. The Kier molecular flexibility index (Phi) is 5.03. The van der Waals surface area contributed by atoms with Crippen LogP contribution >= 0.6 is 0 Å². The molecule has 0 amide bonds. The Labute approximate surface area is 173 Å². The van der Waals surface area contributed by atoms with Gasteiger partial charge in [-0.05, 0) is 55.3 Å². The van der Waals surface area contributed by atoms with Gasteiger partial charge in [0.25, 0.3) is 0 Å². The molecule has 1 N–H and O–H groups in total. The first-order chi connectivity index (χ1) is 14.2. The highest BCUT2D eigenvalue weighted by Gasteiger charge is 2.17. The third-order valence-corrected chi connectivity index (χ3v) is 6.05. The molecule has 8 heteroatoms. The van der Waals surface area contributed by atoms with Crippen molar-refractivity contribution in [2.24, 2.45) is 0 Å². The summed E-state index contributed by atoms with van der Waals surface area (Å²) in [6, 6.07) is 12.0. The maximum atomic E-state index is 13.9. The Morgan fingerprint density at radius 2 is 1.83 bits per heavy atom. The lowest BCUT2D eigenvalue weighted by Gasteiger charge is -2.12. The Bertz CT molecular complexity index is 1360. The van der Waals surface area contributed by atoms with E-state index in [4.69, 9.17) is 0 Å². The average molecular weight is 427 g/mol. The fourth-order valence-electron chi connectivity index (χ4n) is 3.25. The largest absolute Gasteiger partial charge is 0.306 e. The zero-order valence-electron chi connectivity index (χ0n) is 16.4. The molecule has 0 radical (unpaired) electrons. The summed E-state index contributed by atoms with van der Waals surface area (Å²) in [4.78, 5) is 4.63. The number of aryl methyl sites for hydroxylation is 2. The van der Waals surface area contributed by atoms with Gasteiger partial charge in [0.1, 0.15) is 17.3 Å². The number of imidazole rings is 1. The predicted octanol–water partition coefficient (Wildman–Crippen LogP) is 4.84. The van der Waals surface area contributed by atoms with Crippen LogP contribution in [0.4, 0.5) is 14.5 Å². The standard InChI is InChI=1S/C22H19F2N3O2S/c1-14-5-6-16(21-12-27-9-3-4-15(2)22(27)25-21)11-20(14)26-30(28,29)13-17-10-18(23)7-8-19(17)24/h3-12,26H,13H2,1-2H3. The molecule has 0 atom stereocenters. The summed E-state index contributed by atoms with van der Waals surface area (Å²) in [7, 11) is -3.96. The fourth-order valence-corrected chi connectivity index (χ4v) is 4.50. The van der Waals surface area contributed by atoms with Crippen LogP contribution in [0.2, 0.25) is 0 Å². The lowest BCUT2D eigenvalue weighted by atomic mass is 10.1. The number of pyridine rings is 1. The molecular formula is C22H19F2N3O2S. The van der Waals surface area contributed by atoms with E-state index < -0.39 is 27.4 Å². The number of anilines is 1. The first kappa shape index (κ1) is 20.0. The number of aromatic nitrogens is 2. The van der Waals surface area contributed by atoms with Crippen molar-refractivity contribution >= 4 is 21.4 Å². The second-order valence-electron chi connectivity index (χ2n) is 7.17. The summed E-state index contributed by atoms with van der Waals surface area (Å²) >= 11 is 0. The van der Waals surface area contributed by atoms with Crippen LogP contribution in [0.25, 0.3) is 16.9 Å². The minimum Gasteiger partial charge on any atom is -0.306 e. The zero-order valence-corrected chi connectivity index (χ0v) is 17.2. The van der Waals surface area contributed by atoms with Crippen molar-refractivity contribution in [2.75, 3.05) is 4.72 Å². The summed E-state index contributed by atoms with van der Waals surface area (Å²) in [5.41, 5.74) is 4.09. The Morgan fingerprint density at radius 3 is 2.60 bits per heavy atom. The average Bonchev–Trinajstić information content (AvgIpc) is 3.12. The molecule has 2 heterocycles. The molecule has 0 aliphatic rings. The first-order valence-corrected chi connectivity index (χ1v) is 10.9. The fraction of sp³-hybridized carbons (Fsp3) is 0.136. The number of fused-ring (bicyclic) bond motifs is 1. The van der Waals surface area contributed by atoms with Gasteiger partial charge in [0.15, 0.2) is 0 Å². The van der Waals surface area contributed by atoms with Crippen LogP contribution in [-0.4, -0.2) is 17.8 Å². The van der Waals surface area contributed by atoms with E-state index in [9.17, 15) is 17.2 Å². The van der Waals surface area contributed by atoms with Crippen LogP contribution in [0.1, 0.15) is 16.7 Å². The second kappa shape index (κ2) is 7.53. The number of nitrogens with zero attached hydrogens (tertiary/aromatic N) is 2. The van der Waals surface area contributed by atoms with Crippen LogP contribution < -0.4 is 4.72 Å².